The van der Waals surface area contributed by atoms with Crippen LogP contribution in [0.2, 0.25) is 0 Å². The molecule has 1 aromatic heterocycles. The fraction of sp³-hybridized carbons (Fsp3) is 0.167. The number of hydrogen-bond donors (Lipinski definition) is 2. The predicted octanol–water partition coefficient (Wildman–Crippen LogP) is 3.36. The first-order valence-electron chi connectivity index (χ1n) is 7.66. The number of hydrogen-bond acceptors (Lipinski definition) is 4. The Balaban J connectivity index is 1.55. The molecule has 0 aliphatic carbocycles. The molecule has 0 spiro atoms. The van der Waals surface area contributed by atoms with Crippen LogP contribution in [0.25, 0.3) is 10.2 Å². The molecule has 0 fully saturated rings. The minimum Gasteiger partial charge on any atom is -0.366 e. The predicted molar refractivity (Wildman–Crippen MR) is 96.1 cm³/mol. The molecule has 3 rings (SSSR count). The van der Waals surface area contributed by atoms with E-state index in [1.54, 1.807) is 12.1 Å². The lowest BCUT2D eigenvalue weighted by atomic mass is 10.0. The van der Waals surface area contributed by atoms with Crippen molar-refractivity contribution in [3.05, 3.63) is 59.7 Å². The zero-order valence-corrected chi connectivity index (χ0v) is 13.8. The van der Waals surface area contributed by atoms with Gasteiger partial charge in [-0.1, -0.05) is 41.7 Å². The van der Waals surface area contributed by atoms with E-state index in [-0.39, 0.29) is 5.91 Å². The average Bonchev–Trinajstić information content (AvgIpc) is 2.97. The second-order valence-electron chi connectivity index (χ2n) is 5.41. The van der Waals surface area contributed by atoms with Gasteiger partial charge in [0.1, 0.15) is 0 Å². The summed E-state index contributed by atoms with van der Waals surface area (Å²) in [6, 6.07) is 15.0. The molecule has 1 heterocycles. The summed E-state index contributed by atoms with van der Waals surface area (Å²) >= 11 is 1.46. The minimum atomic E-state index is -0.440. The zero-order valence-electron chi connectivity index (χ0n) is 13.0. The number of nitrogens with two attached hydrogens (primary N) is 1. The van der Waals surface area contributed by atoms with Gasteiger partial charge in [0, 0.05) is 12.0 Å². The molecule has 0 aliphatic heterocycles. The minimum absolute atomic E-state index is 0.0781. The summed E-state index contributed by atoms with van der Waals surface area (Å²) in [6.07, 6.45) is 1.64. The highest BCUT2D eigenvalue weighted by atomic mass is 32.1. The van der Waals surface area contributed by atoms with Crippen molar-refractivity contribution in [1.29, 1.82) is 0 Å². The number of carbonyl (C=O) groups excluding carboxylic acids is 2. The standard InChI is InChI=1S/C18H17N3O2S/c19-17(23)13-8-2-1-6-12(13)7-5-11-16(22)21-18-20-14-9-3-4-10-15(14)24-18/h1-4,6,8-10H,5,7,11H2,(H2,19,23)(H,20,21,22). The maximum atomic E-state index is 12.1. The summed E-state index contributed by atoms with van der Waals surface area (Å²) in [7, 11) is 0. The van der Waals surface area contributed by atoms with E-state index in [2.05, 4.69) is 10.3 Å². The van der Waals surface area contributed by atoms with Crippen LogP contribution in [-0.2, 0) is 11.2 Å². The summed E-state index contributed by atoms with van der Waals surface area (Å²) in [5, 5.41) is 3.44. The zero-order chi connectivity index (χ0) is 16.9. The maximum Gasteiger partial charge on any atom is 0.248 e. The largest absolute Gasteiger partial charge is 0.366 e. The van der Waals surface area contributed by atoms with Gasteiger partial charge in [0.15, 0.2) is 5.13 Å². The van der Waals surface area contributed by atoms with Gasteiger partial charge < -0.3 is 11.1 Å². The smallest absolute Gasteiger partial charge is 0.248 e. The van der Waals surface area contributed by atoms with Crippen molar-refractivity contribution in [2.24, 2.45) is 5.73 Å². The third-order valence-electron chi connectivity index (χ3n) is 3.67. The fourth-order valence-electron chi connectivity index (χ4n) is 2.53. The lowest BCUT2D eigenvalue weighted by Crippen LogP contribution is -2.14. The van der Waals surface area contributed by atoms with Crippen LogP contribution in [0.1, 0.15) is 28.8 Å². The van der Waals surface area contributed by atoms with Crippen LogP contribution in [0.3, 0.4) is 0 Å². The molecule has 0 saturated carbocycles. The SMILES string of the molecule is NC(=O)c1ccccc1CCCC(=O)Nc1nc2ccccc2s1. The van der Waals surface area contributed by atoms with E-state index in [1.807, 2.05) is 36.4 Å². The molecule has 0 unspecified atom stereocenters. The number of carbonyl (C=O) groups is 2. The number of para-hydroxylation sites is 1. The van der Waals surface area contributed by atoms with Crippen LogP contribution < -0.4 is 11.1 Å². The summed E-state index contributed by atoms with van der Waals surface area (Å²) in [4.78, 5) is 27.8. The molecular weight excluding hydrogens is 322 g/mol. The van der Waals surface area contributed by atoms with Crippen LogP contribution in [-0.4, -0.2) is 16.8 Å². The number of rotatable bonds is 6. The molecule has 5 nitrogen and oxygen atoms in total. The number of amides is 2. The Kier molecular flexibility index (Phi) is 4.86. The van der Waals surface area contributed by atoms with Crippen molar-refractivity contribution in [3.63, 3.8) is 0 Å². The highest BCUT2D eigenvalue weighted by Gasteiger charge is 2.10. The van der Waals surface area contributed by atoms with Crippen LogP contribution in [0, 0.1) is 0 Å². The first-order chi connectivity index (χ1) is 11.6. The Hall–Kier alpha value is -2.73. The molecule has 0 atom stereocenters. The average molecular weight is 339 g/mol. The Labute approximate surface area is 143 Å². The number of primary amides is 1. The normalized spacial score (nSPS) is 10.7. The molecule has 3 N–H and O–H groups in total. The summed E-state index contributed by atoms with van der Waals surface area (Å²) < 4.78 is 1.04. The number of thiazole rings is 1. The quantitative estimate of drug-likeness (QED) is 0.722. The highest BCUT2D eigenvalue weighted by Crippen LogP contribution is 2.25. The number of nitrogens with zero attached hydrogens (tertiary/aromatic N) is 1. The molecule has 24 heavy (non-hydrogen) atoms. The van der Waals surface area contributed by atoms with Crippen molar-refractivity contribution >= 4 is 38.5 Å². The van der Waals surface area contributed by atoms with Gasteiger partial charge in [-0.15, -0.1) is 0 Å². The Morgan fingerprint density at radius 2 is 1.83 bits per heavy atom. The van der Waals surface area contributed by atoms with E-state index < -0.39 is 5.91 Å². The third-order valence-corrected chi connectivity index (χ3v) is 4.62. The lowest BCUT2D eigenvalue weighted by molar-refractivity contribution is -0.116. The van der Waals surface area contributed by atoms with Crippen LogP contribution in [0.15, 0.2) is 48.5 Å². The number of anilines is 1. The van der Waals surface area contributed by atoms with Gasteiger partial charge in [0.25, 0.3) is 0 Å². The van der Waals surface area contributed by atoms with Gasteiger partial charge >= 0.3 is 0 Å². The van der Waals surface area contributed by atoms with Gasteiger partial charge in [-0.05, 0) is 36.6 Å². The van der Waals surface area contributed by atoms with Crippen molar-refractivity contribution in [2.45, 2.75) is 19.3 Å². The van der Waals surface area contributed by atoms with E-state index in [9.17, 15) is 9.59 Å². The molecule has 2 aromatic carbocycles. The lowest BCUT2D eigenvalue weighted by Gasteiger charge is -2.06. The van der Waals surface area contributed by atoms with E-state index >= 15 is 0 Å². The van der Waals surface area contributed by atoms with E-state index in [1.165, 1.54) is 11.3 Å². The van der Waals surface area contributed by atoms with Gasteiger partial charge in [-0.25, -0.2) is 4.98 Å². The van der Waals surface area contributed by atoms with Crippen LogP contribution in [0.4, 0.5) is 5.13 Å². The maximum absolute atomic E-state index is 12.1. The van der Waals surface area contributed by atoms with Crippen molar-refractivity contribution in [1.82, 2.24) is 4.98 Å². The third kappa shape index (κ3) is 3.78. The number of fused-ring (bicyclic) bond motifs is 1. The van der Waals surface area contributed by atoms with Crippen molar-refractivity contribution in [2.75, 3.05) is 5.32 Å². The van der Waals surface area contributed by atoms with E-state index in [0.29, 0.717) is 30.0 Å². The first-order valence-corrected chi connectivity index (χ1v) is 8.48. The monoisotopic (exact) mass is 339 g/mol. The summed E-state index contributed by atoms with van der Waals surface area (Å²) in [5.41, 5.74) is 7.63. The molecule has 122 valence electrons. The summed E-state index contributed by atoms with van der Waals surface area (Å²) in [6.45, 7) is 0. The number of aryl methyl sites for hydroxylation is 1. The van der Waals surface area contributed by atoms with Gasteiger partial charge in [-0.3, -0.25) is 9.59 Å². The highest BCUT2D eigenvalue weighted by molar-refractivity contribution is 7.22. The van der Waals surface area contributed by atoms with Crippen LogP contribution >= 0.6 is 11.3 Å². The van der Waals surface area contributed by atoms with Gasteiger partial charge in [0.2, 0.25) is 11.8 Å². The van der Waals surface area contributed by atoms with E-state index in [0.717, 1.165) is 15.8 Å². The Bertz CT molecular complexity index is 856. The summed E-state index contributed by atoms with van der Waals surface area (Å²) in [5.74, 6) is -0.518. The molecule has 0 bridgehead atoms. The number of aromatic nitrogens is 1. The fourth-order valence-corrected chi connectivity index (χ4v) is 3.41. The topological polar surface area (TPSA) is 85.1 Å². The number of nitrogens with one attached hydrogen (secondary N) is 1. The van der Waals surface area contributed by atoms with Gasteiger partial charge in [-0.2, -0.15) is 0 Å². The molecule has 0 aliphatic rings. The second kappa shape index (κ2) is 7.23. The second-order valence-corrected chi connectivity index (χ2v) is 6.44. The van der Waals surface area contributed by atoms with E-state index in [4.69, 9.17) is 5.73 Å². The molecule has 3 aromatic rings. The molecule has 0 radical (unpaired) electrons. The van der Waals surface area contributed by atoms with Gasteiger partial charge in [0.05, 0.1) is 10.2 Å². The Morgan fingerprint density at radius 3 is 2.62 bits per heavy atom. The van der Waals surface area contributed by atoms with Crippen molar-refractivity contribution < 1.29 is 9.59 Å². The first kappa shape index (κ1) is 16.1. The van der Waals surface area contributed by atoms with Crippen LogP contribution in [0.5, 0.6) is 0 Å². The Morgan fingerprint density at radius 1 is 1.08 bits per heavy atom. The van der Waals surface area contributed by atoms with Crippen molar-refractivity contribution in [3.8, 4) is 0 Å². The molecule has 2 amide bonds. The molecule has 0 saturated heterocycles. The number of benzene rings is 2. The molecular formula is C18H17N3O2S. The molecule has 6 heteroatoms.